The minimum atomic E-state index is -0.0868. The topological polar surface area (TPSA) is 82.9 Å². The molecule has 9 nitrogen and oxygen atoms in total. The van der Waals surface area contributed by atoms with E-state index in [0.717, 1.165) is 54.4 Å². The Bertz CT molecular complexity index is 1260. The maximum atomic E-state index is 13.1. The molecule has 0 fully saturated rings. The summed E-state index contributed by atoms with van der Waals surface area (Å²) >= 11 is 0. The van der Waals surface area contributed by atoms with Crippen LogP contribution in [0.25, 0.3) is 0 Å². The summed E-state index contributed by atoms with van der Waals surface area (Å²) in [5.74, 6) is 0.770. The molecule has 1 aliphatic rings. The van der Waals surface area contributed by atoms with E-state index in [9.17, 15) is 9.59 Å². The molecule has 9 heteroatoms. The number of hydrogen-bond acceptors (Lipinski definition) is 6. The number of carbonyl (C=O) groups is 2. The normalized spacial score (nSPS) is 15.4. The lowest BCUT2D eigenvalue weighted by molar-refractivity contribution is -0.118. The van der Waals surface area contributed by atoms with E-state index in [0.29, 0.717) is 19.6 Å². The number of amides is 2. The van der Waals surface area contributed by atoms with Crippen LogP contribution >= 0.6 is 0 Å². The molecule has 1 N–H and O–H groups in total. The zero-order chi connectivity index (χ0) is 27.1. The van der Waals surface area contributed by atoms with Crippen molar-refractivity contribution in [2.75, 3.05) is 50.1 Å². The number of benzene rings is 2. The molecule has 2 amide bonds. The molecule has 3 aromatic rings. The number of aromatic nitrogens is 2. The molecule has 202 valence electrons. The van der Waals surface area contributed by atoms with Crippen LogP contribution in [0, 0.1) is 6.92 Å². The van der Waals surface area contributed by atoms with Crippen molar-refractivity contribution in [2.45, 2.75) is 33.4 Å². The van der Waals surface area contributed by atoms with Gasteiger partial charge in [-0.3, -0.25) is 24.1 Å². The van der Waals surface area contributed by atoms with Crippen LogP contribution in [-0.2, 0) is 29.7 Å². The van der Waals surface area contributed by atoms with Crippen molar-refractivity contribution >= 4 is 23.2 Å². The summed E-state index contributed by atoms with van der Waals surface area (Å²) < 4.78 is 7.16. The summed E-state index contributed by atoms with van der Waals surface area (Å²) in [5, 5.41) is 7.24. The largest absolute Gasteiger partial charge is 0.497 e. The summed E-state index contributed by atoms with van der Waals surface area (Å²) in [5.41, 5.74) is 4.74. The molecule has 0 aliphatic carbocycles. The van der Waals surface area contributed by atoms with Crippen LogP contribution in [0.5, 0.6) is 5.75 Å². The minimum absolute atomic E-state index is 0.0207. The second-order valence-corrected chi connectivity index (χ2v) is 9.81. The predicted molar refractivity (Wildman–Crippen MR) is 149 cm³/mol. The van der Waals surface area contributed by atoms with Crippen LogP contribution in [0.1, 0.15) is 30.2 Å². The van der Waals surface area contributed by atoms with Crippen molar-refractivity contribution in [3.63, 3.8) is 0 Å². The Morgan fingerprint density at radius 1 is 1.03 bits per heavy atom. The van der Waals surface area contributed by atoms with Gasteiger partial charge in [0.1, 0.15) is 5.75 Å². The van der Waals surface area contributed by atoms with Gasteiger partial charge in [0.05, 0.1) is 31.2 Å². The van der Waals surface area contributed by atoms with E-state index in [1.54, 1.807) is 24.9 Å². The number of rotatable bonds is 6. The molecule has 0 bridgehead atoms. The predicted octanol–water partition coefficient (Wildman–Crippen LogP) is 3.44. The van der Waals surface area contributed by atoms with Gasteiger partial charge in [0.2, 0.25) is 11.8 Å². The van der Waals surface area contributed by atoms with E-state index in [2.05, 4.69) is 32.3 Å². The lowest BCUT2D eigenvalue weighted by Gasteiger charge is -2.27. The van der Waals surface area contributed by atoms with Gasteiger partial charge in [-0.15, -0.1) is 0 Å². The molecule has 0 spiro atoms. The van der Waals surface area contributed by atoms with Crippen molar-refractivity contribution in [1.29, 1.82) is 0 Å². The van der Waals surface area contributed by atoms with Crippen molar-refractivity contribution in [2.24, 2.45) is 7.05 Å². The third-order valence-corrected chi connectivity index (χ3v) is 7.06. The molecule has 1 aromatic heterocycles. The highest BCUT2D eigenvalue weighted by Crippen LogP contribution is 2.24. The molecule has 0 saturated carbocycles. The number of nitrogens with one attached hydrogen (secondary N) is 1. The van der Waals surface area contributed by atoms with Crippen LogP contribution in [0.2, 0.25) is 0 Å². The Balaban J connectivity index is 1.57. The molecule has 4 rings (SSSR count). The lowest BCUT2D eigenvalue weighted by Crippen LogP contribution is -2.39. The fourth-order valence-corrected chi connectivity index (χ4v) is 4.86. The first kappa shape index (κ1) is 27.3. The highest BCUT2D eigenvalue weighted by molar-refractivity contribution is 5.93. The van der Waals surface area contributed by atoms with Gasteiger partial charge in [-0.25, -0.2) is 0 Å². The third-order valence-electron chi connectivity index (χ3n) is 7.06. The highest BCUT2D eigenvalue weighted by Gasteiger charge is 2.21. The average Bonchev–Trinajstić information content (AvgIpc) is 3.20. The number of hydrogen-bond donors (Lipinski definition) is 1. The van der Waals surface area contributed by atoms with E-state index < -0.39 is 0 Å². The van der Waals surface area contributed by atoms with Gasteiger partial charge in [0, 0.05) is 58.9 Å². The molecule has 0 unspecified atom stereocenters. The first-order chi connectivity index (χ1) is 18.3. The lowest BCUT2D eigenvalue weighted by atomic mass is 10.1. The van der Waals surface area contributed by atoms with Crippen LogP contribution in [0.15, 0.2) is 54.7 Å². The van der Waals surface area contributed by atoms with E-state index in [1.807, 2.05) is 55.3 Å². The molecule has 0 radical (unpaired) electrons. The fourth-order valence-electron chi connectivity index (χ4n) is 4.86. The van der Waals surface area contributed by atoms with Crippen LogP contribution in [-0.4, -0.2) is 71.2 Å². The van der Waals surface area contributed by atoms with Gasteiger partial charge < -0.3 is 15.0 Å². The standard InChI is InChI=1S/C29H38N6O3/c1-22-27(18-30-32(22)3)31-29(37)21-34-16-15-33(19-24-9-7-11-26(17-24)38-4)13-8-14-35(23(2)36)28-12-6-5-10-25(28)20-34/h5-7,9-12,17-18H,8,13-16,19-21H2,1-4H3,(H,31,37). The summed E-state index contributed by atoms with van der Waals surface area (Å²) in [6.45, 7) is 8.07. The van der Waals surface area contributed by atoms with E-state index in [4.69, 9.17) is 4.74 Å². The Morgan fingerprint density at radius 2 is 1.82 bits per heavy atom. The number of anilines is 2. The fraction of sp³-hybridized carbons (Fsp3) is 0.414. The van der Waals surface area contributed by atoms with Crippen LogP contribution in [0.3, 0.4) is 0 Å². The van der Waals surface area contributed by atoms with Gasteiger partial charge >= 0.3 is 0 Å². The number of nitrogens with zero attached hydrogens (tertiary/aromatic N) is 5. The number of methoxy groups -OCH3 is 1. The maximum absolute atomic E-state index is 13.1. The second kappa shape index (κ2) is 12.7. The van der Waals surface area contributed by atoms with Gasteiger partial charge in [0.25, 0.3) is 0 Å². The van der Waals surface area contributed by atoms with Crippen molar-refractivity contribution < 1.29 is 14.3 Å². The number of ether oxygens (including phenoxy) is 1. The molecule has 2 aromatic carbocycles. The van der Waals surface area contributed by atoms with Gasteiger partial charge in [-0.1, -0.05) is 30.3 Å². The smallest absolute Gasteiger partial charge is 0.238 e. The first-order valence-electron chi connectivity index (χ1n) is 13.1. The SMILES string of the molecule is COc1cccc(CN2CCCN(C(C)=O)c3ccccc3CN(CC(=O)Nc3cnn(C)c3C)CC2)c1. The Kier molecular flexibility index (Phi) is 9.15. The van der Waals surface area contributed by atoms with E-state index >= 15 is 0 Å². The quantitative estimate of drug-likeness (QED) is 0.538. The first-order valence-corrected chi connectivity index (χ1v) is 13.1. The Morgan fingerprint density at radius 3 is 2.55 bits per heavy atom. The third kappa shape index (κ3) is 6.99. The maximum Gasteiger partial charge on any atom is 0.238 e. The monoisotopic (exact) mass is 518 g/mol. The number of para-hydroxylation sites is 1. The molecule has 38 heavy (non-hydrogen) atoms. The van der Waals surface area contributed by atoms with Gasteiger partial charge in [-0.2, -0.15) is 5.10 Å². The molecule has 1 aliphatic heterocycles. The molecule has 2 heterocycles. The summed E-state index contributed by atoms with van der Waals surface area (Å²) in [6.07, 6.45) is 2.52. The summed E-state index contributed by atoms with van der Waals surface area (Å²) in [7, 11) is 3.53. The molecular formula is C29H38N6O3. The zero-order valence-electron chi connectivity index (χ0n) is 22.8. The summed E-state index contributed by atoms with van der Waals surface area (Å²) in [4.78, 5) is 32.2. The highest BCUT2D eigenvalue weighted by atomic mass is 16.5. The van der Waals surface area contributed by atoms with E-state index in [-0.39, 0.29) is 18.4 Å². The average molecular weight is 519 g/mol. The van der Waals surface area contributed by atoms with E-state index in [1.165, 1.54) is 5.56 Å². The number of fused-ring (bicyclic) bond motifs is 1. The molecular weight excluding hydrogens is 480 g/mol. The Hall–Kier alpha value is -3.69. The molecule has 0 saturated heterocycles. The van der Waals surface area contributed by atoms with Gasteiger partial charge in [0.15, 0.2) is 0 Å². The Labute approximate surface area is 225 Å². The van der Waals surface area contributed by atoms with Crippen molar-refractivity contribution in [3.05, 3.63) is 71.5 Å². The van der Waals surface area contributed by atoms with Crippen LogP contribution in [0.4, 0.5) is 11.4 Å². The van der Waals surface area contributed by atoms with Gasteiger partial charge in [-0.05, 0) is 42.7 Å². The number of carbonyl (C=O) groups excluding carboxylic acids is 2. The molecule has 0 atom stereocenters. The van der Waals surface area contributed by atoms with Crippen LogP contribution < -0.4 is 15.0 Å². The second-order valence-electron chi connectivity index (χ2n) is 9.81. The van der Waals surface area contributed by atoms with Crippen molar-refractivity contribution in [3.8, 4) is 5.75 Å². The number of aryl methyl sites for hydroxylation is 1. The summed E-state index contributed by atoms with van der Waals surface area (Å²) in [6, 6.07) is 16.1. The minimum Gasteiger partial charge on any atom is -0.497 e. The zero-order valence-corrected chi connectivity index (χ0v) is 22.8. The van der Waals surface area contributed by atoms with Crippen molar-refractivity contribution in [1.82, 2.24) is 19.6 Å².